The first-order chi connectivity index (χ1) is 15.9. The highest BCUT2D eigenvalue weighted by atomic mass is 35.5. The van der Waals surface area contributed by atoms with Gasteiger partial charge in [0.1, 0.15) is 5.82 Å². The van der Waals surface area contributed by atoms with Gasteiger partial charge in [0.15, 0.2) is 0 Å². The summed E-state index contributed by atoms with van der Waals surface area (Å²) in [6.45, 7) is 2.33. The maximum atomic E-state index is 13.3. The molecule has 3 aromatic carbocycles. The Labute approximate surface area is 195 Å². The van der Waals surface area contributed by atoms with Crippen LogP contribution < -0.4 is 10.9 Å². The predicted octanol–water partition coefficient (Wildman–Crippen LogP) is 6.12. The van der Waals surface area contributed by atoms with Crippen LogP contribution in [0.15, 0.2) is 77.6 Å². The quantitative estimate of drug-likeness (QED) is 0.362. The number of pyridine rings is 1. The van der Waals surface area contributed by atoms with E-state index in [1.165, 1.54) is 29.2 Å². The standard InChI is InChI=1S/C26H23ClFN3O2/c1-2-17-7-12-24-19(13-17)14-20(25(32)30-24)16-31(15-18-5-3-4-6-23(18)27)26(33)29-22-10-8-21(28)9-11-22/h3-14H,2,15-16H2,1H3,(H,29,33)(H,30,32). The lowest BCUT2D eigenvalue weighted by Crippen LogP contribution is -2.35. The van der Waals surface area contributed by atoms with Crippen LogP contribution >= 0.6 is 11.6 Å². The highest BCUT2D eigenvalue weighted by Crippen LogP contribution is 2.20. The Morgan fingerprint density at radius 2 is 1.73 bits per heavy atom. The summed E-state index contributed by atoms with van der Waals surface area (Å²) in [4.78, 5) is 30.3. The van der Waals surface area contributed by atoms with E-state index in [2.05, 4.69) is 17.2 Å². The van der Waals surface area contributed by atoms with Crippen LogP contribution in [0.1, 0.15) is 23.6 Å². The van der Waals surface area contributed by atoms with E-state index in [-0.39, 0.29) is 18.6 Å². The van der Waals surface area contributed by atoms with Gasteiger partial charge in [0.25, 0.3) is 5.56 Å². The minimum Gasteiger partial charge on any atom is -0.322 e. The third-order valence-corrected chi connectivity index (χ3v) is 5.83. The fourth-order valence-electron chi connectivity index (χ4n) is 3.61. The third kappa shape index (κ3) is 5.41. The highest BCUT2D eigenvalue weighted by Gasteiger charge is 2.18. The average molecular weight is 464 g/mol. The molecule has 4 rings (SSSR count). The summed E-state index contributed by atoms with van der Waals surface area (Å²) < 4.78 is 13.3. The summed E-state index contributed by atoms with van der Waals surface area (Å²) in [5.41, 5.74) is 3.30. The number of hydrogen-bond acceptors (Lipinski definition) is 2. The number of amides is 2. The van der Waals surface area contributed by atoms with E-state index in [1.807, 2.05) is 42.5 Å². The van der Waals surface area contributed by atoms with Gasteiger partial charge in [0, 0.05) is 28.3 Å². The molecule has 0 fully saturated rings. The Kier molecular flexibility index (Phi) is 6.75. The Morgan fingerprint density at radius 3 is 2.45 bits per heavy atom. The average Bonchev–Trinajstić information content (AvgIpc) is 2.81. The number of aromatic nitrogens is 1. The molecule has 1 aromatic heterocycles. The molecule has 0 saturated carbocycles. The number of carbonyl (C=O) groups excluding carboxylic acids is 1. The van der Waals surface area contributed by atoms with Crippen molar-refractivity contribution in [1.82, 2.24) is 9.88 Å². The van der Waals surface area contributed by atoms with Crippen LogP contribution in [0.25, 0.3) is 10.9 Å². The van der Waals surface area contributed by atoms with Gasteiger partial charge in [-0.15, -0.1) is 0 Å². The number of anilines is 1. The van der Waals surface area contributed by atoms with Gasteiger partial charge in [-0.2, -0.15) is 0 Å². The molecule has 0 aliphatic carbocycles. The summed E-state index contributed by atoms with van der Waals surface area (Å²) in [5, 5.41) is 4.20. The minimum atomic E-state index is -0.427. The summed E-state index contributed by atoms with van der Waals surface area (Å²) in [6, 6.07) is 20.0. The number of aryl methyl sites for hydroxylation is 1. The molecule has 0 bridgehead atoms. The molecular formula is C26H23ClFN3O2. The fourth-order valence-corrected chi connectivity index (χ4v) is 3.81. The van der Waals surface area contributed by atoms with Crippen molar-refractivity contribution in [3.8, 4) is 0 Å². The number of nitrogens with zero attached hydrogens (tertiary/aromatic N) is 1. The lowest BCUT2D eigenvalue weighted by atomic mass is 10.1. The fraction of sp³-hybridized carbons (Fsp3) is 0.154. The van der Waals surface area contributed by atoms with Crippen molar-refractivity contribution in [3.63, 3.8) is 0 Å². The molecule has 0 aliphatic heterocycles. The van der Waals surface area contributed by atoms with Crippen LogP contribution in [0.3, 0.4) is 0 Å². The van der Waals surface area contributed by atoms with Gasteiger partial charge in [0.2, 0.25) is 0 Å². The molecule has 5 nitrogen and oxygen atoms in total. The zero-order valence-corrected chi connectivity index (χ0v) is 18.8. The number of rotatable bonds is 6. The molecule has 2 N–H and O–H groups in total. The van der Waals surface area contributed by atoms with E-state index in [9.17, 15) is 14.0 Å². The molecular weight excluding hydrogens is 441 g/mol. The van der Waals surface area contributed by atoms with E-state index in [1.54, 1.807) is 6.07 Å². The molecule has 2 amide bonds. The summed E-state index contributed by atoms with van der Waals surface area (Å²) in [6.07, 6.45) is 0.878. The number of halogens is 2. The van der Waals surface area contributed by atoms with Gasteiger partial charge in [-0.05, 0) is 71.5 Å². The SMILES string of the molecule is CCc1ccc2[nH]c(=O)c(CN(Cc3ccccc3Cl)C(=O)Nc3ccc(F)cc3)cc2c1. The molecule has 4 aromatic rings. The zero-order chi connectivity index (χ0) is 23.4. The van der Waals surface area contributed by atoms with Gasteiger partial charge in [-0.3, -0.25) is 4.79 Å². The number of carbonyl (C=O) groups is 1. The van der Waals surface area contributed by atoms with E-state index in [0.717, 1.165) is 28.5 Å². The van der Waals surface area contributed by atoms with Crippen LogP contribution in [-0.4, -0.2) is 15.9 Å². The third-order valence-electron chi connectivity index (χ3n) is 5.46. The molecule has 1 heterocycles. The number of fused-ring (bicyclic) bond motifs is 1. The minimum absolute atomic E-state index is 0.0693. The molecule has 0 aliphatic rings. The van der Waals surface area contributed by atoms with Crippen LogP contribution in [0.5, 0.6) is 0 Å². The molecule has 0 atom stereocenters. The number of aromatic amines is 1. The lowest BCUT2D eigenvalue weighted by Gasteiger charge is -2.24. The largest absolute Gasteiger partial charge is 0.322 e. The van der Waals surface area contributed by atoms with Crippen LogP contribution in [0.4, 0.5) is 14.9 Å². The summed E-state index contributed by atoms with van der Waals surface area (Å²) in [5.74, 6) is -0.393. The Morgan fingerprint density at radius 1 is 1.00 bits per heavy atom. The van der Waals surface area contributed by atoms with Gasteiger partial charge in [0.05, 0.1) is 6.54 Å². The maximum Gasteiger partial charge on any atom is 0.322 e. The number of hydrogen-bond donors (Lipinski definition) is 2. The number of benzene rings is 3. The summed E-state index contributed by atoms with van der Waals surface area (Å²) in [7, 11) is 0. The maximum absolute atomic E-state index is 13.3. The van der Waals surface area contributed by atoms with E-state index < -0.39 is 11.8 Å². The van der Waals surface area contributed by atoms with Crippen molar-refractivity contribution in [2.45, 2.75) is 26.4 Å². The Hall–Kier alpha value is -3.64. The summed E-state index contributed by atoms with van der Waals surface area (Å²) >= 11 is 6.33. The zero-order valence-electron chi connectivity index (χ0n) is 18.1. The predicted molar refractivity (Wildman–Crippen MR) is 130 cm³/mol. The Balaban J connectivity index is 1.67. The monoisotopic (exact) mass is 463 g/mol. The van der Waals surface area contributed by atoms with Crippen molar-refractivity contribution in [2.75, 3.05) is 5.32 Å². The van der Waals surface area contributed by atoms with Gasteiger partial charge in [-0.1, -0.05) is 42.8 Å². The van der Waals surface area contributed by atoms with Crippen molar-refractivity contribution in [1.29, 1.82) is 0 Å². The van der Waals surface area contributed by atoms with Gasteiger partial charge < -0.3 is 15.2 Å². The van der Waals surface area contributed by atoms with E-state index in [4.69, 9.17) is 11.6 Å². The smallest absolute Gasteiger partial charge is 0.322 e. The van der Waals surface area contributed by atoms with Crippen LogP contribution in [0, 0.1) is 5.82 Å². The first-order valence-corrected chi connectivity index (χ1v) is 11.0. The molecule has 0 radical (unpaired) electrons. The number of H-pyrrole nitrogens is 1. The first-order valence-electron chi connectivity index (χ1n) is 10.6. The molecule has 0 unspecified atom stereocenters. The van der Waals surface area contributed by atoms with Crippen molar-refractivity contribution >= 4 is 34.2 Å². The lowest BCUT2D eigenvalue weighted by molar-refractivity contribution is 0.206. The normalized spacial score (nSPS) is 10.9. The second-order valence-corrected chi connectivity index (χ2v) is 8.19. The molecule has 168 valence electrons. The van der Waals surface area contributed by atoms with Crippen LogP contribution in [0.2, 0.25) is 5.02 Å². The molecule has 0 saturated heterocycles. The highest BCUT2D eigenvalue weighted by molar-refractivity contribution is 6.31. The molecule has 33 heavy (non-hydrogen) atoms. The first kappa shape index (κ1) is 22.6. The van der Waals surface area contributed by atoms with E-state index >= 15 is 0 Å². The van der Waals surface area contributed by atoms with Crippen molar-refractivity contribution in [3.05, 3.63) is 111 Å². The van der Waals surface area contributed by atoms with Gasteiger partial charge >= 0.3 is 6.03 Å². The second-order valence-electron chi connectivity index (χ2n) is 7.78. The second kappa shape index (κ2) is 9.88. The van der Waals surface area contributed by atoms with Crippen molar-refractivity contribution in [2.24, 2.45) is 0 Å². The van der Waals surface area contributed by atoms with E-state index in [0.29, 0.717) is 16.3 Å². The molecule has 7 heteroatoms. The number of nitrogens with one attached hydrogen (secondary N) is 2. The van der Waals surface area contributed by atoms with Gasteiger partial charge in [-0.25, -0.2) is 9.18 Å². The molecule has 0 spiro atoms. The van der Waals surface area contributed by atoms with Crippen LogP contribution in [-0.2, 0) is 19.5 Å². The topological polar surface area (TPSA) is 65.2 Å². The van der Waals surface area contributed by atoms with Crippen molar-refractivity contribution < 1.29 is 9.18 Å². The number of urea groups is 1. The Bertz CT molecular complexity index is 1350.